The molecule has 0 radical (unpaired) electrons. The van der Waals surface area contributed by atoms with E-state index >= 15 is 0 Å². The summed E-state index contributed by atoms with van der Waals surface area (Å²) in [6.45, 7) is 12.8. The van der Waals surface area contributed by atoms with Crippen LogP contribution >= 0.6 is 0 Å². The van der Waals surface area contributed by atoms with Crippen LogP contribution in [0.3, 0.4) is 0 Å². The van der Waals surface area contributed by atoms with Gasteiger partial charge in [-0.15, -0.1) is 0 Å². The monoisotopic (exact) mass is 264 g/mol. The molecule has 0 aliphatic heterocycles. The van der Waals surface area contributed by atoms with E-state index in [1.54, 1.807) is 0 Å². The number of rotatable bonds is 8. The van der Waals surface area contributed by atoms with Crippen molar-refractivity contribution in [3.63, 3.8) is 0 Å². The van der Waals surface area contributed by atoms with Crippen molar-refractivity contribution in [2.45, 2.75) is 40.5 Å². The molecular weight excluding hydrogens is 236 g/mol. The van der Waals surface area contributed by atoms with Crippen molar-refractivity contribution in [3.05, 3.63) is 22.8 Å². The highest BCUT2D eigenvalue weighted by atomic mass is 15.1. The van der Waals surface area contributed by atoms with E-state index in [9.17, 15) is 0 Å². The van der Waals surface area contributed by atoms with Crippen molar-refractivity contribution in [1.29, 1.82) is 0 Å². The molecule has 0 aliphatic rings. The fraction of sp³-hybridized carbons (Fsp3) is 0.733. The number of likely N-dealkylation sites (N-methyl/N-ethyl adjacent to an activating group) is 2. The van der Waals surface area contributed by atoms with Gasteiger partial charge in [-0.1, -0.05) is 13.8 Å². The first kappa shape index (κ1) is 16.1. The van der Waals surface area contributed by atoms with Gasteiger partial charge in [0.25, 0.3) is 0 Å². The Morgan fingerprint density at radius 2 is 1.58 bits per heavy atom. The third-order valence-electron chi connectivity index (χ3n) is 3.64. The quantitative estimate of drug-likeness (QED) is 0.776. The van der Waals surface area contributed by atoms with Crippen LogP contribution < -0.4 is 5.32 Å². The van der Waals surface area contributed by atoms with E-state index < -0.39 is 0 Å². The summed E-state index contributed by atoms with van der Waals surface area (Å²) in [4.78, 5) is 11.7. The molecule has 0 fully saturated rings. The molecule has 0 atom stereocenters. The SMILES string of the molecule is CCN(CC)CCc1nc(C)c(CCNC)c(C)n1. The van der Waals surface area contributed by atoms with Gasteiger partial charge in [0.15, 0.2) is 0 Å². The lowest BCUT2D eigenvalue weighted by atomic mass is 10.1. The second-order valence-corrected chi connectivity index (χ2v) is 4.92. The van der Waals surface area contributed by atoms with Crippen LogP contribution in [0, 0.1) is 13.8 Å². The van der Waals surface area contributed by atoms with Gasteiger partial charge in [0.05, 0.1) is 0 Å². The molecule has 0 unspecified atom stereocenters. The second-order valence-electron chi connectivity index (χ2n) is 4.92. The largest absolute Gasteiger partial charge is 0.319 e. The standard InChI is InChI=1S/C15H28N4/c1-6-19(7-2)11-9-15-17-12(3)14(8-10-16-5)13(4)18-15/h16H,6-11H2,1-5H3. The van der Waals surface area contributed by atoms with E-state index in [0.717, 1.165) is 56.2 Å². The Morgan fingerprint density at radius 1 is 1.00 bits per heavy atom. The van der Waals surface area contributed by atoms with E-state index in [4.69, 9.17) is 0 Å². The molecule has 0 spiro atoms. The fourth-order valence-corrected chi connectivity index (χ4v) is 2.33. The lowest BCUT2D eigenvalue weighted by Gasteiger charge is -2.18. The van der Waals surface area contributed by atoms with E-state index in [1.807, 2.05) is 7.05 Å². The minimum absolute atomic E-state index is 0.940. The van der Waals surface area contributed by atoms with Gasteiger partial charge in [0.1, 0.15) is 5.82 Å². The molecule has 4 nitrogen and oxygen atoms in total. The maximum atomic E-state index is 4.66. The average molecular weight is 264 g/mol. The second kappa shape index (κ2) is 8.23. The van der Waals surface area contributed by atoms with Crippen molar-refractivity contribution in [1.82, 2.24) is 20.2 Å². The maximum absolute atomic E-state index is 4.66. The summed E-state index contributed by atoms with van der Waals surface area (Å²) < 4.78 is 0. The van der Waals surface area contributed by atoms with Crippen LogP contribution in [0.5, 0.6) is 0 Å². The molecule has 1 N–H and O–H groups in total. The lowest BCUT2D eigenvalue weighted by molar-refractivity contribution is 0.305. The molecule has 0 saturated carbocycles. The lowest BCUT2D eigenvalue weighted by Crippen LogP contribution is -2.26. The molecule has 4 heteroatoms. The summed E-state index contributed by atoms with van der Waals surface area (Å²) in [5.41, 5.74) is 3.57. The highest BCUT2D eigenvalue weighted by molar-refractivity contribution is 5.24. The van der Waals surface area contributed by atoms with E-state index in [1.165, 1.54) is 5.56 Å². The Morgan fingerprint density at radius 3 is 2.05 bits per heavy atom. The summed E-state index contributed by atoms with van der Waals surface area (Å²) in [7, 11) is 1.98. The summed E-state index contributed by atoms with van der Waals surface area (Å²) in [5.74, 6) is 0.982. The summed E-state index contributed by atoms with van der Waals surface area (Å²) >= 11 is 0. The molecule has 0 saturated heterocycles. The number of aryl methyl sites for hydroxylation is 2. The van der Waals surface area contributed by atoms with Crippen molar-refractivity contribution < 1.29 is 0 Å². The number of nitrogens with zero attached hydrogens (tertiary/aromatic N) is 3. The van der Waals surface area contributed by atoms with Crippen LogP contribution in [0.2, 0.25) is 0 Å². The average Bonchev–Trinajstić information content (AvgIpc) is 2.39. The molecule has 1 aromatic rings. The smallest absolute Gasteiger partial charge is 0.130 e. The molecule has 1 aromatic heterocycles. The van der Waals surface area contributed by atoms with Crippen LogP contribution in [0.1, 0.15) is 36.6 Å². The van der Waals surface area contributed by atoms with Crippen LogP contribution in [-0.2, 0) is 12.8 Å². The van der Waals surface area contributed by atoms with Crippen LogP contribution in [-0.4, -0.2) is 48.1 Å². The van der Waals surface area contributed by atoms with Crippen molar-refractivity contribution in [2.24, 2.45) is 0 Å². The van der Waals surface area contributed by atoms with Gasteiger partial charge in [-0.25, -0.2) is 9.97 Å². The molecule has 108 valence electrons. The van der Waals surface area contributed by atoms with Crippen molar-refractivity contribution >= 4 is 0 Å². The highest BCUT2D eigenvalue weighted by Gasteiger charge is 2.09. The molecule has 1 rings (SSSR count). The Kier molecular flexibility index (Phi) is 6.95. The number of hydrogen-bond donors (Lipinski definition) is 1. The molecule has 0 bridgehead atoms. The van der Waals surface area contributed by atoms with E-state index in [-0.39, 0.29) is 0 Å². The van der Waals surface area contributed by atoms with Crippen LogP contribution in [0.25, 0.3) is 0 Å². The van der Waals surface area contributed by atoms with Crippen molar-refractivity contribution in [2.75, 3.05) is 33.2 Å². The molecule has 1 heterocycles. The van der Waals surface area contributed by atoms with Gasteiger partial charge in [-0.05, 0) is 52.5 Å². The van der Waals surface area contributed by atoms with E-state index in [0.29, 0.717) is 0 Å². The van der Waals surface area contributed by atoms with Crippen LogP contribution in [0.4, 0.5) is 0 Å². The first-order chi connectivity index (χ1) is 9.12. The van der Waals surface area contributed by atoms with Gasteiger partial charge in [-0.3, -0.25) is 0 Å². The molecule has 0 aliphatic carbocycles. The molecule has 0 aromatic carbocycles. The minimum atomic E-state index is 0.940. The Balaban J connectivity index is 2.71. The minimum Gasteiger partial charge on any atom is -0.319 e. The van der Waals surface area contributed by atoms with Crippen molar-refractivity contribution in [3.8, 4) is 0 Å². The highest BCUT2D eigenvalue weighted by Crippen LogP contribution is 2.11. The zero-order valence-corrected chi connectivity index (χ0v) is 13.1. The molecular formula is C15H28N4. The van der Waals surface area contributed by atoms with Crippen LogP contribution in [0.15, 0.2) is 0 Å². The predicted octanol–water partition coefficient (Wildman–Crippen LogP) is 1.74. The summed E-state index contributed by atoms with van der Waals surface area (Å²) in [6, 6.07) is 0. The number of nitrogens with one attached hydrogen (secondary N) is 1. The first-order valence-corrected chi connectivity index (χ1v) is 7.32. The zero-order chi connectivity index (χ0) is 14.3. The fourth-order valence-electron chi connectivity index (χ4n) is 2.33. The third-order valence-corrected chi connectivity index (χ3v) is 3.64. The van der Waals surface area contributed by atoms with Gasteiger partial charge >= 0.3 is 0 Å². The third kappa shape index (κ3) is 4.88. The maximum Gasteiger partial charge on any atom is 0.130 e. The number of hydrogen-bond acceptors (Lipinski definition) is 4. The molecule has 19 heavy (non-hydrogen) atoms. The normalized spacial score (nSPS) is 11.3. The van der Waals surface area contributed by atoms with Gasteiger partial charge in [0.2, 0.25) is 0 Å². The van der Waals surface area contributed by atoms with Gasteiger partial charge < -0.3 is 10.2 Å². The Bertz CT molecular complexity index is 363. The predicted molar refractivity (Wildman–Crippen MR) is 80.6 cm³/mol. The first-order valence-electron chi connectivity index (χ1n) is 7.32. The summed E-state index contributed by atoms with van der Waals surface area (Å²) in [5, 5.41) is 3.18. The Labute approximate surface area is 117 Å². The van der Waals surface area contributed by atoms with E-state index in [2.05, 4.69) is 47.9 Å². The zero-order valence-electron chi connectivity index (χ0n) is 13.1. The Hall–Kier alpha value is -1.00. The van der Waals surface area contributed by atoms with Gasteiger partial charge in [0, 0.05) is 24.4 Å². The topological polar surface area (TPSA) is 41.1 Å². The summed E-state index contributed by atoms with van der Waals surface area (Å²) in [6.07, 6.45) is 1.94. The molecule has 0 amide bonds. The van der Waals surface area contributed by atoms with Gasteiger partial charge in [-0.2, -0.15) is 0 Å². The number of aromatic nitrogens is 2.